The molecule has 3 rings (SSSR count). The number of nitrogens with zero attached hydrogens (tertiary/aromatic N) is 3. The first-order valence-corrected chi connectivity index (χ1v) is 7.83. The normalized spacial score (nSPS) is 28.6. The van der Waals surface area contributed by atoms with E-state index in [1.165, 1.54) is 0 Å². The summed E-state index contributed by atoms with van der Waals surface area (Å²) in [4.78, 5) is 18.9. The van der Waals surface area contributed by atoms with Gasteiger partial charge in [0, 0.05) is 38.8 Å². The van der Waals surface area contributed by atoms with Gasteiger partial charge < -0.3 is 19.7 Å². The van der Waals surface area contributed by atoms with E-state index in [1.54, 1.807) is 10.9 Å². The molecule has 2 saturated heterocycles. The summed E-state index contributed by atoms with van der Waals surface area (Å²) < 4.78 is 7.52. The number of ether oxygens (including phenoxy) is 1. The molecule has 0 saturated carbocycles. The summed E-state index contributed by atoms with van der Waals surface area (Å²) in [5.41, 5.74) is 1.38. The van der Waals surface area contributed by atoms with Crippen molar-refractivity contribution in [1.29, 1.82) is 0 Å². The van der Waals surface area contributed by atoms with Crippen LogP contribution in [0.1, 0.15) is 29.0 Å². The number of morpholine rings is 1. The van der Waals surface area contributed by atoms with E-state index >= 15 is 0 Å². The molecule has 1 aromatic heterocycles. The van der Waals surface area contributed by atoms with Crippen LogP contribution in [0.4, 0.5) is 0 Å². The minimum atomic E-state index is -0.0600. The van der Waals surface area contributed by atoms with Crippen LogP contribution in [0.15, 0.2) is 6.33 Å². The molecule has 7 heteroatoms. The number of hydrogen-bond acceptors (Lipinski definition) is 5. The molecule has 3 heterocycles. The third-order valence-electron chi connectivity index (χ3n) is 4.61. The Morgan fingerprint density at radius 3 is 3.05 bits per heavy atom. The van der Waals surface area contributed by atoms with Gasteiger partial charge in [-0.1, -0.05) is 0 Å². The molecule has 0 bridgehead atoms. The van der Waals surface area contributed by atoms with E-state index in [0.29, 0.717) is 24.8 Å². The van der Waals surface area contributed by atoms with Crippen molar-refractivity contribution in [3.63, 3.8) is 0 Å². The van der Waals surface area contributed by atoms with Crippen LogP contribution in [-0.4, -0.2) is 70.0 Å². The van der Waals surface area contributed by atoms with Gasteiger partial charge in [-0.2, -0.15) is 0 Å². The average molecular weight is 308 g/mol. The number of amides is 1. The summed E-state index contributed by atoms with van der Waals surface area (Å²) >= 11 is 0. The van der Waals surface area contributed by atoms with Gasteiger partial charge in [0.2, 0.25) is 0 Å². The van der Waals surface area contributed by atoms with Crippen molar-refractivity contribution in [2.24, 2.45) is 7.05 Å². The lowest BCUT2D eigenvalue weighted by Gasteiger charge is -2.34. The van der Waals surface area contributed by atoms with Gasteiger partial charge in [-0.15, -0.1) is 0 Å². The van der Waals surface area contributed by atoms with Gasteiger partial charge in [0.25, 0.3) is 5.91 Å². The number of aryl methyl sites for hydroxylation is 2. The summed E-state index contributed by atoms with van der Waals surface area (Å²) in [6.45, 7) is 4.37. The zero-order chi connectivity index (χ0) is 15.7. The number of aromatic nitrogens is 2. The number of nitrogens with one attached hydrogen (secondary N) is 1. The smallest absolute Gasteiger partial charge is 0.270 e. The van der Waals surface area contributed by atoms with E-state index < -0.39 is 0 Å². The van der Waals surface area contributed by atoms with Gasteiger partial charge in [-0.05, 0) is 19.8 Å². The molecular weight excluding hydrogens is 284 g/mol. The Balaban J connectivity index is 1.58. The zero-order valence-electron chi connectivity index (χ0n) is 13.2. The van der Waals surface area contributed by atoms with Crippen molar-refractivity contribution in [2.75, 3.05) is 26.3 Å². The topological polar surface area (TPSA) is 79.6 Å². The Bertz CT molecular complexity index is 525. The molecule has 2 fully saturated rings. The highest BCUT2D eigenvalue weighted by atomic mass is 16.5. The summed E-state index contributed by atoms with van der Waals surface area (Å²) in [5, 5.41) is 12.1. The Labute approximate surface area is 130 Å². The number of aliphatic hydroxyl groups excluding tert-OH is 1. The predicted molar refractivity (Wildman–Crippen MR) is 80.6 cm³/mol. The van der Waals surface area contributed by atoms with E-state index in [9.17, 15) is 4.79 Å². The molecule has 122 valence electrons. The van der Waals surface area contributed by atoms with Crippen LogP contribution in [0.3, 0.4) is 0 Å². The molecule has 0 radical (unpaired) electrons. The zero-order valence-corrected chi connectivity index (χ0v) is 13.2. The molecule has 2 N–H and O–H groups in total. The maximum absolute atomic E-state index is 12.4. The third kappa shape index (κ3) is 3.02. The van der Waals surface area contributed by atoms with Crippen molar-refractivity contribution in [3.8, 4) is 0 Å². The fourth-order valence-electron chi connectivity index (χ4n) is 3.49. The third-order valence-corrected chi connectivity index (χ3v) is 4.61. The molecular formula is C15H24N4O3. The lowest BCUT2D eigenvalue weighted by atomic mass is 10.1. The summed E-state index contributed by atoms with van der Waals surface area (Å²) in [6.07, 6.45) is 3.35. The first-order valence-electron chi connectivity index (χ1n) is 7.83. The van der Waals surface area contributed by atoms with E-state index in [-0.39, 0.29) is 24.7 Å². The van der Waals surface area contributed by atoms with Gasteiger partial charge in [0.1, 0.15) is 5.69 Å². The number of imidazole rings is 1. The maximum atomic E-state index is 12.4. The van der Waals surface area contributed by atoms with Crippen LogP contribution in [0.5, 0.6) is 0 Å². The molecule has 22 heavy (non-hydrogen) atoms. The highest BCUT2D eigenvalue weighted by molar-refractivity contribution is 5.93. The second-order valence-electron chi connectivity index (χ2n) is 6.27. The Morgan fingerprint density at radius 1 is 1.55 bits per heavy atom. The predicted octanol–water partition coefficient (Wildman–Crippen LogP) is -0.318. The minimum absolute atomic E-state index is 0.0600. The molecule has 3 atom stereocenters. The number of fused-ring (bicyclic) bond motifs is 1. The Kier molecular flexibility index (Phi) is 4.46. The Morgan fingerprint density at radius 2 is 2.36 bits per heavy atom. The van der Waals surface area contributed by atoms with Crippen LogP contribution < -0.4 is 5.32 Å². The average Bonchev–Trinajstić information content (AvgIpc) is 3.01. The lowest BCUT2D eigenvalue weighted by molar-refractivity contribution is -0.0566. The SMILES string of the molecule is Cc1ncn(C)c1C(=O)N[C@H]1C[C@H]2CO[C@@H](CCO)CN2C1. The largest absolute Gasteiger partial charge is 0.396 e. The molecule has 1 amide bonds. The number of aliphatic hydroxyl groups is 1. The van der Waals surface area contributed by atoms with Crippen LogP contribution in [0.2, 0.25) is 0 Å². The van der Waals surface area contributed by atoms with Gasteiger partial charge in [-0.3, -0.25) is 9.69 Å². The Hall–Kier alpha value is -1.44. The molecule has 0 unspecified atom stereocenters. The molecule has 0 aromatic carbocycles. The van der Waals surface area contributed by atoms with E-state index in [0.717, 1.165) is 25.2 Å². The first-order chi connectivity index (χ1) is 10.6. The van der Waals surface area contributed by atoms with E-state index in [1.807, 2.05) is 14.0 Å². The van der Waals surface area contributed by atoms with Crippen molar-refractivity contribution >= 4 is 5.91 Å². The standard InChI is InChI=1S/C15H24N4O3/c1-10-14(18(2)9-16-10)15(21)17-11-5-12-8-22-13(3-4-20)7-19(12)6-11/h9,11-13,20H,3-8H2,1-2H3,(H,17,21)/t11-,12-,13-/m0/s1. The van der Waals surface area contributed by atoms with Crippen molar-refractivity contribution in [2.45, 2.75) is 38.0 Å². The molecule has 0 spiro atoms. The van der Waals surface area contributed by atoms with Crippen LogP contribution >= 0.6 is 0 Å². The van der Waals surface area contributed by atoms with Crippen molar-refractivity contribution < 1.29 is 14.6 Å². The maximum Gasteiger partial charge on any atom is 0.270 e. The monoisotopic (exact) mass is 308 g/mol. The molecule has 7 nitrogen and oxygen atoms in total. The van der Waals surface area contributed by atoms with Gasteiger partial charge >= 0.3 is 0 Å². The lowest BCUT2D eigenvalue weighted by Crippen LogP contribution is -2.46. The fourth-order valence-corrected chi connectivity index (χ4v) is 3.49. The first kappa shape index (κ1) is 15.5. The molecule has 2 aliphatic heterocycles. The van der Waals surface area contributed by atoms with Gasteiger partial charge in [-0.25, -0.2) is 4.98 Å². The molecule has 0 aliphatic carbocycles. The fraction of sp³-hybridized carbons (Fsp3) is 0.733. The number of hydrogen-bond donors (Lipinski definition) is 2. The minimum Gasteiger partial charge on any atom is -0.396 e. The summed E-state index contributed by atoms with van der Waals surface area (Å²) in [5.74, 6) is -0.0600. The highest BCUT2D eigenvalue weighted by Gasteiger charge is 2.38. The van der Waals surface area contributed by atoms with Crippen molar-refractivity contribution in [3.05, 3.63) is 17.7 Å². The van der Waals surface area contributed by atoms with Crippen LogP contribution in [0.25, 0.3) is 0 Å². The van der Waals surface area contributed by atoms with Crippen molar-refractivity contribution in [1.82, 2.24) is 19.8 Å². The van der Waals surface area contributed by atoms with Crippen LogP contribution in [-0.2, 0) is 11.8 Å². The number of carbonyl (C=O) groups is 1. The second-order valence-corrected chi connectivity index (χ2v) is 6.27. The second kappa shape index (κ2) is 6.36. The number of rotatable bonds is 4. The number of carbonyl (C=O) groups excluding carboxylic acids is 1. The van der Waals surface area contributed by atoms with Gasteiger partial charge in [0.05, 0.1) is 24.7 Å². The summed E-state index contributed by atoms with van der Waals surface area (Å²) in [6, 6.07) is 0.510. The highest BCUT2D eigenvalue weighted by Crippen LogP contribution is 2.24. The summed E-state index contributed by atoms with van der Waals surface area (Å²) in [7, 11) is 1.83. The van der Waals surface area contributed by atoms with Gasteiger partial charge in [0.15, 0.2) is 0 Å². The molecule has 2 aliphatic rings. The molecule has 1 aromatic rings. The van der Waals surface area contributed by atoms with E-state index in [4.69, 9.17) is 9.84 Å². The quantitative estimate of drug-likeness (QED) is 0.797. The van der Waals surface area contributed by atoms with E-state index in [2.05, 4.69) is 15.2 Å². The van der Waals surface area contributed by atoms with Crippen LogP contribution in [0, 0.1) is 6.92 Å².